The highest BCUT2D eigenvalue weighted by Gasteiger charge is 2.12. The van der Waals surface area contributed by atoms with Gasteiger partial charge in [-0.3, -0.25) is 4.79 Å². The Labute approximate surface area is 168 Å². The fourth-order valence-corrected chi connectivity index (χ4v) is 3.11. The number of anilines is 2. The summed E-state index contributed by atoms with van der Waals surface area (Å²) >= 11 is 6.11. The van der Waals surface area contributed by atoms with E-state index in [-0.39, 0.29) is 5.75 Å². The van der Waals surface area contributed by atoms with E-state index in [0.717, 1.165) is 29.0 Å². The molecule has 0 aliphatic heterocycles. The van der Waals surface area contributed by atoms with Crippen molar-refractivity contribution >= 4 is 23.2 Å². The average molecular weight is 400 g/mol. The number of methoxy groups -OCH3 is 2. The van der Waals surface area contributed by atoms with Gasteiger partial charge in [0.15, 0.2) is 0 Å². The van der Waals surface area contributed by atoms with Crippen molar-refractivity contribution in [3.05, 3.63) is 75.2 Å². The third-order valence-electron chi connectivity index (χ3n) is 4.37. The van der Waals surface area contributed by atoms with Gasteiger partial charge in [-0.2, -0.15) is 4.98 Å². The van der Waals surface area contributed by atoms with E-state index in [1.807, 2.05) is 47.0 Å². The van der Waals surface area contributed by atoms with Gasteiger partial charge in [0.05, 0.1) is 27.0 Å². The van der Waals surface area contributed by atoms with Gasteiger partial charge >= 0.3 is 5.56 Å². The predicted octanol–water partition coefficient (Wildman–Crippen LogP) is 4.27. The van der Waals surface area contributed by atoms with Crippen LogP contribution in [0.5, 0.6) is 11.5 Å². The topological polar surface area (TPSA) is 65.4 Å². The molecule has 0 bridgehead atoms. The molecule has 1 aromatic heterocycles. The molecule has 3 aromatic rings. The fourth-order valence-electron chi connectivity index (χ4n) is 2.89. The van der Waals surface area contributed by atoms with E-state index in [0.29, 0.717) is 17.5 Å². The number of rotatable bonds is 7. The summed E-state index contributed by atoms with van der Waals surface area (Å²) in [5, 5.41) is 3.92. The van der Waals surface area contributed by atoms with E-state index in [1.54, 1.807) is 13.3 Å². The van der Waals surface area contributed by atoms with Crippen LogP contribution in [0.1, 0.15) is 18.1 Å². The van der Waals surface area contributed by atoms with Gasteiger partial charge in [-0.05, 0) is 35.7 Å². The van der Waals surface area contributed by atoms with Gasteiger partial charge in [0, 0.05) is 16.8 Å². The fraction of sp³-hybridized carbons (Fsp3) is 0.238. The second-order valence-corrected chi connectivity index (χ2v) is 6.63. The number of hydrogen-bond acceptors (Lipinski definition) is 5. The molecule has 0 saturated heterocycles. The van der Waals surface area contributed by atoms with Crippen LogP contribution < -0.4 is 20.3 Å². The molecule has 0 fully saturated rings. The highest BCUT2D eigenvalue weighted by Crippen LogP contribution is 2.26. The number of nitrogens with zero attached hydrogens (tertiary/aromatic N) is 2. The second-order valence-electron chi connectivity index (χ2n) is 6.20. The minimum atomic E-state index is -0.437. The maximum Gasteiger partial charge on any atom is 0.316 e. The maximum absolute atomic E-state index is 12.3. The highest BCUT2D eigenvalue weighted by atomic mass is 35.5. The summed E-state index contributed by atoms with van der Waals surface area (Å²) in [5.41, 5.74) is 2.46. The van der Waals surface area contributed by atoms with E-state index in [4.69, 9.17) is 21.1 Å². The van der Waals surface area contributed by atoms with Crippen LogP contribution in [0.3, 0.4) is 0 Å². The summed E-state index contributed by atoms with van der Waals surface area (Å²) in [7, 11) is 3.07. The monoisotopic (exact) mass is 399 g/mol. The smallest absolute Gasteiger partial charge is 0.316 e. The molecule has 0 spiro atoms. The Morgan fingerprint density at radius 3 is 2.64 bits per heavy atom. The molecule has 0 aliphatic carbocycles. The Bertz CT molecular complexity index is 1030. The third-order valence-corrected chi connectivity index (χ3v) is 4.60. The summed E-state index contributed by atoms with van der Waals surface area (Å²) in [6.07, 6.45) is 2.46. The van der Waals surface area contributed by atoms with Crippen LogP contribution in [0.4, 0.5) is 11.6 Å². The molecule has 1 N–H and O–H groups in total. The van der Waals surface area contributed by atoms with Crippen LogP contribution in [0.2, 0.25) is 5.02 Å². The lowest BCUT2D eigenvalue weighted by Crippen LogP contribution is -2.19. The molecular weight excluding hydrogens is 378 g/mol. The highest BCUT2D eigenvalue weighted by molar-refractivity contribution is 6.30. The number of aryl methyl sites for hydroxylation is 1. The summed E-state index contributed by atoms with van der Waals surface area (Å²) in [6, 6.07) is 13.3. The molecule has 0 amide bonds. The molecule has 6 nitrogen and oxygen atoms in total. The third kappa shape index (κ3) is 4.46. The minimum Gasteiger partial charge on any atom is -0.497 e. The van der Waals surface area contributed by atoms with Gasteiger partial charge < -0.3 is 19.4 Å². The van der Waals surface area contributed by atoms with Gasteiger partial charge in [0.1, 0.15) is 5.75 Å². The lowest BCUT2D eigenvalue weighted by atomic mass is 10.1. The largest absolute Gasteiger partial charge is 0.497 e. The van der Waals surface area contributed by atoms with Crippen LogP contribution in [0.25, 0.3) is 0 Å². The molecule has 1 heterocycles. The molecule has 7 heteroatoms. The lowest BCUT2D eigenvalue weighted by molar-refractivity contribution is 0.402. The van der Waals surface area contributed by atoms with Crippen molar-refractivity contribution in [2.45, 2.75) is 19.9 Å². The summed E-state index contributed by atoms with van der Waals surface area (Å²) in [5.74, 6) is 1.31. The second kappa shape index (κ2) is 8.80. The first kappa shape index (κ1) is 19.8. The zero-order valence-electron chi connectivity index (χ0n) is 16.0. The zero-order chi connectivity index (χ0) is 20.1. The molecule has 0 unspecified atom stereocenters. The van der Waals surface area contributed by atoms with Crippen LogP contribution in [-0.2, 0) is 13.0 Å². The number of benzene rings is 2. The van der Waals surface area contributed by atoms with Crippen LogP contribution in [-0.4, -0.2) is 23.8 Å². The Hall–Kier alpha value is -2.99. The van der Waals surface area contributed by atoms with Crippen molar-refractivity contribution in [2.75, 3.05) is 19.5 Å². The Morgan fingerprint density at radius 1 is 1.14 bits per heavy atom. The van der Waals surface area contributed by atoms with Crippen molar-refractivity contribution in [3.8, 4) is 11.5 Å². The van der Waals surface area contributed by atoms with E-state index in [9.17, 15) is 4.79 Å². The van der Waals surface area contributed by atoms with Crippen LogP contribution in [0.15, 0.2) is 53.5 Å². The molecule has 28 heavy (non-hydrogen) atoms. The van der Waals surface area contributed by atoms with E-state index in [1.165, 1.54) is 7.11 Å². The molecule has 2 aromatic carbocycles. The normalized spacial score (nSPS) is 10.6. The van der Waals surface area contributed by atoms with Gasteiger partial charge in [0.2, 0.25) is 11.7 Å². The standard InChI is InChI=1S/C21H22ClN3O3/c1-4-15-8-9-17(27-2)11-18(15)23-21-24-20(26)19(28-3)13-25(21)12-14-6-5-7-16(22)10-14/h5-11,13H,4,12H2,1-3H3,(H,23,24,26). The van der Waals surface area contributed by atoms with Gasteiger partial charge in [-0.25, -0.2) is 0 Å². The van der Waals surface area contributed by atoms with Crippen molar-refractivity contribution in [3.63, 3.8) is 0 Å². The molecule has 0 aliphatic rings. The van der Waals surface area contributed by atoms with Crippen molar-refractivity contribution < 1.29 is 9.47 Å². The first-order valence-electron chi connectivity index (χ1n) is 8.88. The average Bonchev–Trinajstić information content (AvgIpc) is 2.69. The van der Waals surface area contributed by atoms with Crippen molar-refractivity contribution in [2.24, 2.45) is 0 Å². The summed E-state index contributed by atoms with van der Waals surface area (Å²) < 4.78 is 12.3. The predicted molar refractivity (Wildman–Crippen MR) is 111 cm³/mol. The maximum atomic E-state index is 12.3. The Kier molecular flexibility index (Phi) is 6.21. The SMILES string of the molecule is CCc1ccc(OC)cc1Nc1nc(=O)c(OC)cn1Cc1cccc(Cl)c1. The Morgan fingerprint density at radius 2 is 1.96 bits per heavy atom. The van der Waals surface area contributed by atoms with Gasteiger partial charge in [0.25, 0.3) is 0 Å². The van der Waals surface area contributed by atoms with Crippen LogP contribution in [0, 0.1) is 0 Å². The minimum absolute atomic E-state index is 0.175. The van der Waals surface area contributed by atoms with Crippen LogP contribution >= 0.6 is 11.6 Å². The zero-order valence-corrected chi connectivity index (χ0v) is 16.8. The summed E-state index contributed by atoms with van der Waals surface area (Å²) in [6.45, 7) is 2.53. The number of ether oxygens (including phenoxy) is 2. The number of halogens is 1. The van der Waals surface area contributed by atoms with Gasteiger partial charge in [-0.15, -0.1) is 0 Å². The van der Waals surface area contributed by atoms with E-state index >= 15 is 0 Å². The number of nitrogens with one attached hydrogen (secondary N) is 1. The van der Waals surface area contributed by atoms with E-state index < -0.39 is 5.56 Å². The first-order valence-corrected chi connectivity index (χ1v) is 9.25. The molecular formula is C21H22ClN3O3. The lowest BCUT2D eigenvalue weighted by Gasteiger charge is -2.17. The molecule has 146 valence electrons. The van der Waals surface area contributed by atoms with Gasteiger partial charge in [-0.1, -0.05) is 36.7 Å². The molecule has 0 saturated carbocycles. The van der Waals surface area contributed by atoms with Crippen molar-refractivity contribution in [1.82, 2.24) is 9.55 Å². The Balaban J connectivity index is 2.05. The number of hydrogen-bond donors (Lipinski definition) is 1. The molecule has 0 radical (unpaired) electrons. The first-order chi connectivity index (χ1) is 13.5. The number of aromatic nitrogens is 2. The van der Waals surface area contributed by atoms with E-state index in [2.05, 4.69) is 17.2 Å². The molecule has 3 rings (SSSR count). The van der Waals surface area contributed by atoms with Crippen molar-refractivity contribution in [1.29, 1.82) is 0 Å². The molecule has 0 atom stereocenters. The quantitative estimate of drug-likeness (QED) is 0.642. The summed E-state index contributed by atoms with van der Waals surface area (Å²) in [4.78, 5) is 16.4.